The number of carbonyl (C=O) groups is 2. The number of rotatable bonds is 16. The molecule has 0 bridgehead atoms. The van der Waals surface area contributed by atoms with Gasteiger partial charge in [0.15, 0.2) is 0 Å². The van der Waals surface area contributed by atoms with Crippen LogP contribution in [0.2, 0.25) is 0 Å². The topological polar surface area (TPSA) is 63.6 Å². The summed E-state index contributed by atoms with van der Waals surface area (Å²) >= 11 is 0. The zero-order valence-corrected chi connectivity index (χ0v) is 17.8. The summed E-state index contributed by atoms with van der Waals surface area (Å²) in [7, 11) is 0. The van der Waals surface area contributed by atoms with Crippen LogP contribution < -0.4 is 0 Å². The smallest absolute Gasteiger partial charge is 0.338 e. The summed E-state index contributed by atoms with van der Waals surface area (Å²) in [4.78, 5) is 23.4. The predicted octanol–water partition coefficient (Wildman–Crippen LogP) is 7.02. The molecule has 1 aromatic carbocycles. The molecule has 28 heavy (non-hydrogen) atoms. The first-order valence-corrected chi connectivity index (χ1v) is 11.1. The lowest BCUT2D eigenvalue weighted by Gasteiger charge is -2.18. The lowest BCUT2D eigenvalue weighted by molar-refractivity contribution is 0.0248. The van der Waals surface area contributed by atoms with Gasteiger partial charge in [-0.2, -0.15) is 0 Å². The van der Waals surface area contributed by atoms with Gasteiger partial charge in [-0.1, -0.05) is 71.6 Å². The number of carboxylic acids is 1. The molecular formula is C24H38O4. The quantitative estimate of drug-likeness (QED) is 0.243. The molecule has 4 nitrogen and oxygen atoms in total. The highest BCUT2D eigenvalue weighted by Gasteiger charge is 2.16. The SMILES string of the molecule is CCCCCCCCCCC(CCCCC)OC(=O)c1ccc(C(=O)O)cc1. The fraction of sp³-hybridized carbons (Fsp3) is 0.667. The Morgan fingerprint density at radius 1 is 0.750 bits per heavy atom. The molecular weight excluding hydrogens is 352 g/mol. The molecule has 0 radical (unpaired) electrons. The largest absolute Gasteiger partial charge is 0.478 e. The third kappa shape index (κ3) is 10.5. The molecule has 1 atom stereocenters. The van der Waals surface area contributed by atoms with Gasteiger partial charge in [-0.3, -0.25) is 0 Å². The van der Waals surface area contributed by atoms with Crippen LogP contribution in [0.25, 0.3) is 0 Å². The van der Waals surface area contributed by atoms with Crippen LogP contribution in [0.15, 0.2) is 24.3 Å². The van der Waals surface area contributed by atoms with E-state index in [0.29, 0.717) is 5.56 Å². The average Bonchev–Trinajstić information content (AvgIpc) is 2.70. The van der Waals surface area contributed by atoms with Gasteiger partial charge in [-0.25, -0.2) is 9.59 Å². The lowest BCUT2D eigenvalue weighted by atomic mass is 10.0. The van der Waals surface area contributed by atoms with E-state index in [1.165, 1.54) is 69.2 Å². The zero-order chi connectivity index (χ0) is 20.6. The second-order valence-electron chi connectivity index (χ2n) is 7.67. The van der Waals surface area contributed by atoms with Gasteiger partial charge in [0, 0.05) is 0 Å². The molecule has 1 rings (SSSR count). The molecule has 0 fully saturated rings. The van der Waals surface area contributed by atoms with Crippen molar-refractivity contribution in [3.63, 3.8) is 0 Å². The van der Waals surface area contributed by atoms with E-state index in [-0.39, 0.29) is 17.6 Å². The standard InChI is InChI=1S/C24H38O4/c1-3-5-7-8-9-10-11-13-15-22(14-12-6-4-2)28-24(27)21-18-16-20(17-19-21)23(25)26/h16-19,22H,3-15H2,1-2H3,(H,25,26). The first kappa shape index (κ1) is 24.2. The van der Waals surface area contributed by atoms with Crippen molar-refractivity contribution in [1.29, 1.82) is 0 Å². The molecule has 1 unspecified atom stereocenters. The van der Waals surface area contributed by atoms with Crippen LogP contribution in [0.3, 0.4) is 0 Å². The maximum absolute atomic E-state index is 12.4. The van der Waals surface area contributed by atoms with Crippen LogP contribution in [0.4, 0.5) is 0 Å². The summed E-state index contributed by atoms with van der Waals surface area (Å²) in [6.45, 7) is 4.41. The van der Waals surface area contributed by atoms with Gasteiger partial charge in [0.1, 0.15) is 6.10 Å². The van der Waals surface area contributed by atoms with E-state index in [4.69, 9.17) is 9.84 Å². The molecule has 0 aliphatic carbocycles. The lowest BCUT2D eigenvalue weighted by Crippen LogP contribution is -2.18. The van der Waals surface area contributed by atoms with Gasteiger partial charge >= 0.3 is 11.9 Å². The summed E-state index contributed by atoms with van der Waals surface area (Å²) in [5.41, 5.74) is 0.594. The van der Waals surface area contributed by atoms with Crippen LogP contribution in [0, 0.1) is 0 Å². The Balaban J connectivity index is 2.42. The molecule has 0 heterocycles. The van der Waals surface area contributed by atoms with E-state index in [0.717, 1.165) is 38.5 Å². The van der Waals surface area contributed by atoms with Gasteiger partial charge in [-0.15, -0.1) is 0 Å². The van der Waals surface area contributed by atoms with Gasteiger partial charge in [0.25, 0.3) is 0 Å². The molecule has 158 valence electrons. The summed E-state index contributed by atoms with van der Waals surface area (Å²) in [6, 6.07) is 5.96. The molecule has 0 aliphatic rings. The fourth-order valence-electron chi connectivity index (χ4n) is 3.36. The van der Waals surface area contributed by atoms with Crippen molar-refractivity contribution in [3.8, 4) is 0 Å². The van der Waals surface area contributed by atoms with E-state index >= 15 is 0 Å². The van der Waals surface area contributed by atoms with E-state index in [2.05, 4.69) is 13.8 Å². The second kappa shape index (κ2) is 15.1. The first-order chi connectivity index (χ1) is 13.6. The minimum Gasteiger partial charge on any atom is -0.478 e. The van der Waals surface area contributed by atoms with Gasteiger partial charge in [0.2, 0.25) is 0 Å². The summed E-state index contributed by atoms with van der Waals surface area (Å²) in [6.07, 6.45) is 15.3. The molecule has 0 spiro atoms. The average molecular weight is 391 g/mol. The number of unbranched alkanes of at least 4 members (excludes halogenated alkanes) is 9. The van der Waals surface area contributed by atoms with Gasteiger partial charge in [0.05, 0.1) is 11.1 Å². The van der Waals surface area contributed by atoms with Crippen molar-refractivity contribution in [1.82, 2.24) is 0 Å². The van der Waals surface area contributed by atoms with Crippen molar-refractivity contribution >= 4 is 11.9 Å². The van der Waals surface area contributed by atoms with E-state index < -0.39 is 5.97 Å². The van der Waals surface area contributed by atoms with Crippen LogP contribution >= 0.6 is 0 Å². The highest BCUT2D eigenvalue weighted by atomic mass is 16.5. The Bertz CT molecular complexity index is 550. The molecule has 0 aliphatic heterocycles. The molecule has 0 amide bonds. The van der Waals surface area contributed by atoms with Crippen LogP contribution in [0.5, 0.6) is 0 Å². The Hall–Kier alpha value is -1.84. The number of hydrogen-bond donors (Lipinski definition) is 1. The second-order valence-corrected chi connectivity index (χ2v) is 7.67. The van der Waals surface area contributed by atoms with Crippen molar-refractivity contribution < 1.29 is 19.4 Å². The van der Waals surface area contributed by atoms with Crippen molar-refractivity contribution in [2.75, 3.05) is 0 Å². The minimum atomic E-state index is -0.993. The van der Waals surface area contributed by atoms with Crippen molar-refractivity contribution in [3.05, 3.63) is 35.4 Å². The summed E-state index contributed by atoms with van der Waals surface area (Å²) in [5, 5.41) is 8.97. The Kier molecular flexibility index (Phi) is 13.1. The molecule has 4 heteroatoms. The number of carboxylic acid groups (broad SMARTS) is 1. The highest BCUT2D eigenvalue weighted by Crippen LogP contribution is 2.18. The number of benzene rings is 1. The van der Waals surface area contributed by atoms with Crippen LogP contribution in [-0.2, 0) is 4.74 Å². The highest BCUT2D eigenvalue weighted by molar-refractivity contribution is 5.92. The maximum Gasteiger partial charge on any atom is 0.338 e. The van der Waals surface area contributed by atoms with Gasteiger partial charge in [-0.05, 0) is 49.9 Å². The fourth-order valence-corrected chi connectivity index (χ4v) is 3.36. The molecule has 0 saturated carbocycles. The predicted molar refractivity (Wildman–Crippen MR) is 114 cm³/mol. The Morgan fingerprint density at radius 3 is 1.71 bits per heavy atom. The summed E-state index contributed by atoms with van der Waals surface area (Å²) < 4.78 is 5.76. The number of hydrogen-bond acceptors (Lipinski definition) is 3. The minimum absolute atomic E-state index is 0.0432. The van der Waals surface area contributed by atoms with Crippen molar-refractivity contribution in [2.24, 2.45) is 0 Å². The number of esters is 1. The number of ether oxygens (including phenoxy) is 1. The molecule has 1 N–H and O–H groups in total. The van der Waals surface area contributed by atoms with Gasteiger partial charge < -0.3 is 9.84 Å². The first-order valence-electron chi connectivity index (χ1n) is 11.1. The normalized spacial score (nSPS) is 11.9. The molecule has 0 aromatic heterocycles. The van der Waals surface area contributed by atoms with E-state index in [9.17, 15) is 9.59 Å². The van der Waals surface area contributed by atoms with Crippen LogP contribution in [-0.4, -0.2) is 23.1 Å². The Morgan fingerprint density at radius 2 is 1.18 bits per heavy atom. The number of aromatic carboxylic acids is 1. The molecule has 1 aromatic rings. The monoisotopic (exact) mass is 390 g/mol. The third-order valence-electron chi connectivity index (χ3n) is 5.15. The molecule has 0 saturated heterocycles. The van der Waals surface area contributed by atoms with E-state index in [1.54, 1.807) is 0 Å². The summed E-state index contributed by atoms with van der Waals surface area (Å²) in [5.74, 6) is -1.34. The number of carbonyl (C=O) groups excluding carboxylic acids is 1. The maximum atomic E-state index is 12.4. The van der Waals surface area contributed by atoms with E-state index in [1.807, 2.05) is 0 Å². The third-order valence-corrected chi connectivity index (χ3v) is 5.15. The Labute approximate surface area is 170 Å². The zero-order valence-electron chi connectivity index (χ0n) is 17.8. The van der Waals surface area contributed by atoms with Crippen LogP contribution in [0.1, 0.15) is 118 Å². The van der Waals surface area contributed by atoms with Crippen molar-refractivity contribution in [2.45, 2.75) is 103 Å².